The Labute approximate surface area is 94.6 Å². The SMILES string of the molecule is COc1cc(F)ccc1OC1CCCNC1. The highest BCUT2D eigenvalue weighted by molar-refractivity contribution is 5.40. The molecule has 0 aliphatic carbocycles. The third-order valence-corrected chi connectivity index (χ3v) is 2.67. The minimum Gasteiger partial charge on any atom is -0.493 e. The largest absolute Gasteiger partial charge is 0.493 e. The summed E-state index contributed by atoms with van der Waals surface area (Å²) in [6.07, 6.45) is 2.27. The van der Waals surface area contributed by atoms with Crippen molar-refractivity contribution in [2.24, 2.45) is 0 Å². The second kappa shape index (κ2) is 5.16. The van der Waals surface area contributed by atoms with Gasteiger partial charge < -0.3 is 14.8 Å². The van der Waals surface area contributed by atoms with Crippen LogP contribution in [0.4, 0.5) is 4.39 Å². The zero-order valence-electron chi connectivity index (χ0n) is 9.33. The molecule has 0 aromatic heterocycles. The van der Waals surface area contributed by atoms with E-state index in [4.69, 9.17) is 9.47 Å². The molecule has 0 amide bonds. The number of ether oxygens (including phenoxy) is 2. The van der Waals surface area contributed by atoms with E-state index in [1.807, 2.05) is 0 Å². The minimum absolute atomic E-state index is 0.146. The Morgan fingerprint density at radius 2 is 2.25 bits per heavy atom. The van der Waals surface area contributed by atoms with E-state index < -0.39 is 0 Å². The number of hydrogen-bond acceptors (Lipinski definition) is 3. The van der Waals surface area contributed by atoms with Crippen molar-refractivity contribution in [1.82, 2.24) is 5.32 Å². The van der Waals surface area contributed by atoms with Gasteiger partial charge in [0.15, 0.2) is 11.5 Å². The van der Waals surface area contributed by atoms with Gasteiger partial charge in [-0.05, 0) is 31.5 Å². The molecule has 0 spiro atoms. The Morgan fingerprint density at radius 1 is 1.38 bits per heavy atom. The van der Waals surface area contributed by atoms with Crippen LogP contribution in [0.25, 0.3) is 0 Å². The van der Waals surface area contributed by atoms with E-state index in [0.717, 1.165) is 25.9 Å². The van der Waals surface area contributed by atoms with Gasteiger partial charge in [-0.1, -0.05) is 0 Å². The van der Waals surface area contributed by atoms with Crippen LogP contribution in [-0.4, -0.2) is 26.3 Å². The number of hydrogen-bond donors (Lipinski definition) is 1. The number of benzene rings is 1. The lowest BCUT2D eigenvalue weighted by atomic mass is 10.1. The maximum atomic E-state index is 13.0. The van der Waals surface area contributed by atoms with Crippen LogP contribution >= 0.6 is 0 Å². The van der Waals surface area contributed by atoms with Crippen molar-refractivity contribution in [1.29, 1.82) is 0 Å². The van der Waals surface area contributed by atoms with Gasteiger partial charge in [0, 0.05) is 12.6 Å². The van der Waals surface area contributed by atoms with Crippen molar-refractivity contribution in [2.45, 2.75) is 18.9 Å². The van der Waals surface area contributed by atoms with E-state index in [9.17, 15) is 4.39 Å². The normalized spacial score (nSPS) is 20.5. The molecule has 4 heteroatoms. The third kappa shape index (κ3) is 2.64. The van der Waals surface area contributed by atoms with Crippen LogP contribution in [0.3, 0.4) is 0 Å². The zero-order chi connectivity index (χ0) is 11.4. The van der Waals surface area contributed by atoms with Gasteiger partial charge in [0.1, 0.15) is 11.9 Å². The van der Waals surface area contributed by atoms with Crippen molar-refractivity contribution in [3.8, 4) is 11.5 Å². The summed E-state index contributed by atoms with van der Waals surface area (Å²) in [7, 11) is 1.51. The first-order valence-corrected chi connectivity index (χ1v) is 5.50. The fourth-order valence-corrected chi connectivity index (χ4v) is 1.84. The van der Waals surface area contributed by atoms with Crippen LogP contribution in [0.15, 0.2) is 18.2 Å². The molecule has 1 atom stereocenters. The summed E-state index contributed by atoms with van der Waals surface area (Å²) in [5.74, 6) is 0.745. The van der Waals surface area contributed by atoms with Crippen LogP contribution in [-0.2, 0) is 0 Å². The van der Waals surface area contributed by atoms with Crippen molar-refractivity contribution in [3.63, 3.8) is 0 Å². The molecule has 0 saturated carbocycles. The molecule has 1 heterocycles. The molecule has 1 aromatic rings. The smallest absolute Gasteiger partial charge is 0.163 e. The predicted molar refractivity (Wildman–Crippen MR) is 59.5 cm³/mol. The Bertz CT molecular complexity index is 351. The second-order valence-corrected chi connectivity index (χ2v) is 3.88. The average molecular weight is 225 g/mol. The first-order valence-electron chi connectivity index (χ1n) is 5.50. The molecular weight excluding hydrogens is 209 g/mol. The molecule has 2 rings (SSSR count). The van der Waals surface area contributed by atoms with Crippen LogP contribution in [0.2, 0.25) is 0 Å². The number of halogens is 1. The summed E-state index contributed by atoms with van der Waals surface area (Å²) >= 11 is 0. The van der Waals surface area contributed by atoms with Crippen molar-refractivity contribution in [3.05, 3.63) is 24.0 Å². The van der Waals surface area contributed by atoms with E-state index in [-0.39, 0.29) is 11.9 Å². The molecule has 1 aliphatic heterocycles. The van der Waals surface area contributed by atoms with Crippen LogP contribution in [0, 0.1) is 5.82 Å². The van der Waals surface area contributed by atoms with Crippen molar-refractivity contribution >= 4 is 0 Å². The van der Waals surface area contributed by atoms with Gasteiger partial charge >= 0.3 is 0 Å². The fourth-order valence-electron chi connectivity index (χ4n) is 1.84. The van der Waals surface area contributed by atoms with Gasteiger partial charge in [-0.15, -0.1) is 0 Å². The van der Waals surface area contributed by atoms with Gasteiger partial charge in [-0.3, -0.25) is 0 Å². The Hall–Kier alpha value is -1.29. The lowest BCUT2D eigenvalue weighted by Gasteiger charge is -2.24. The number of piperidine rings is 1. The summed E-state index contributed by atoms with van der Waals surface area (Å²) in [4.78, 5) is 0. The second-order valence-electron chi connectivity index (χ2n) is 3.88. The van der Waals surface area contributed by atoms with Crippen molar-refractivity contribution in [2.75, 3.05) is 20.2 Å². The quantitative estimate of drug-likeness (QED) is 0.853. The van der Waals surface area contributed by atoms with Crippen molar-refractivity contribution < 1.29 is 13.9 Å². The molecule has 88 valence electrons. The number of methoxy groups -OCH3 is 1. The summed E-state index contributed by atoms with van der Waals surface area (Å²) in [5, 5.41) is 3.26. The molecule has 1 unspecified atom stereocenters. The molecule has 1 saturated heterocycles. The van der Waals surface area contributed by atoms with E-state index in [2.05, 4.69) is 5.32 Å². The highest BCUT2D eigenvalue weighted by Gasteiger charge is 2.16. The third-order valence-electron chi connectivity index (χ3n) is 2.67. The maximum absolute atomic E-state index is 13.0. The molecule has 1 aromatic carbocycles. The molecular formula is C12H16FNO2. The topological polar surface area (TPSA) is 30.5 Å². The molecule has 1 N–H and O–H groups in total. The Kier molecular flexibility index (Phi) is 3.62. The minimum atomic E-state index is -0.314. The molecule has 16 heavy (non-hydrogen) atoms. The highest BCUT2D eigenvalue weighted by atomic mass is 19.1. The lowest BCUT2D eigenvalue weighted by Crippen LogP contribution is -2.37. The maximum Gasteiger partial charge on any atom is 0.163 e. The Morgan fingerprint density at radius 3 is 2.94 bits per heavy atom. The summed E-state index contributed by atoms with van der Waals surface area (Å²) in [6.45, 7) is 1.88. The van der Waals surface area contributed by atoms with Gasteiger partial charge in [0.05, 0.1) is 7.11 Å². The summed E-state index contributed by atoms with van der Waals surface area (Å²) < 4.78 is 23.8. The van der Waals surface area contributed by atoms with Gasteiger partial charge in [0.25, 0.3) is 0 Å². The average Bonchev–Trinajstić information content (AvgIpc) is 2.33. The van der Waals surface area contributed by atoms with Gasteiger partial charge in [0.2, 0.25) is 0 Å². The standard InChI is InChI=1S/C12H16FNO2/c1-15-12-7-9(13)4-5-11(12)16-10-3-2-6-14-8-10/h4-5,7,10,14H,2-3,6,8H2,1H3. The van der Waals surface area contributed by atoms with Gasteiger partial charge in [-0.25, -0.2) is 4.39 Å². The fraction of sp³-hybridized carbons (Fsp3) is 0.500. The van der Waals surface area contributed by atoms with Crippen LogP contribution in [0.1, 0.15) is 12.8 Å². The summed E-state index contributed by atoms with van der Waals surface area (Å²) in [5.41, 5.74) is 0. The predicted octanol–water partition coefficient (Wildman–Crippen LogP) is 1.97. The van der Waals surface area contributed by atoms with E-state index in [0.29, 0.717) is 11.5 Å². The molecule has 1 aliphatic rings. The number of nitrogens with one attached hydrogen (secondary N) is 1. The lowest BCUT2D eigenvalue weighted by molar-refractivity contribution is 0.161. The Balaban J connectivity index is 2.07. The number of rotatable bonds is 3. The van der Waals surface area contributed by atoms with E-state index in [1.165, 1.54) is 19.2 Å². The zero-order valence-corrected chi connectivity index (χ0v) is 9.33. The van der Waals surface area contributed by atoms with E-state index in [1.54, 1.807) is 6.07 Å². The van der Waals surface area contributed by atoms with E-state index >= 15 is 0 Å². The first-order chi connectivity index (χ1) is 7.79. The molecule has 1 fully saturated rings. The van der Waals surface area contributed by atoms with Gasteiger partial charge in [-0.2, -0.15) is 0 Å². The first kappa shape index (κ1) is 11.2. The van der Waals surface area contributed by atoms with Crippen LogP contribution < -0.4 is 14.8 Å². The molecule has 0 radical (unpaired) electrons. The highest BCUT2D eigenvalue weighted by Crippen LogP contribution is 2.29. The monoisotopic (exact) mass is 225 g/mol. The molecule has 3 nitrogen and oxygen atoms in total. The molecule has 0 bridgehead atoms. The summed E-state index contributed by atoms with van der Waals surface area (Å²) in [6, 6.07) is 4.34. The van der Waals surface area contributed by atoms with Crippen LogP contribution in [0.5, 0.6) is 11.5 Å².